The highest BCUT2D eigenvalue weighted by molar-refractivity contribution is 7.11. The molecule has 1 N–H and O–H groups in total. The van der Waals surface area contributed by atoms with Gasteiger partial charge in [-0.2, -0.15) is 0 Å². The normalized spacial score (nSPS) is 17.6. The van der Waals surface area contributed by atoms with E-state index in [1.54, 1.807) is 23.5 Å². The van der Waals surface area contributed by atoms with Crippen LogP contribution in [-0.2, 0) is 22.1 Å². The van der Waals surface area contributed by atoms with Gasteiger partial charge in [-0.05, 0) is 30.5 Å². The molecule has 3 nitrogen and oxygen atoms in total. The second-order valence-corrected chi connectivity index (χ2v) is 9.00. The van der Waals surface area contributed by atoms with E-state index in [1.807, 2.05) is 18.3 Å². The Hall–Kier alpha value is -1.30. The van der Waals surface area contributed by atoms with Gasteiger partial charge >= 0.3 is 0 Å². The van der Waals surface area contributed by atoms with Gasteiger partial charge in [0, 0.05) is 48.2 Å². The number of hydrogen-bond acceptors (Lipinski definition) is 4. The fourth-order valence-electron chi connectivity index (χ4n) is 3.29. The van der Waals surface area contributed by atoms with Crippen molar-refractivity contribution in [2.45, 2.75) is 51.0 Å². The third-order valence-corrected chi connectivity index (χ3v) is 6.29. The van der Waals surface area contributed by atoms with Crippen molar-refractivity contribution < 1.29 is 9.13 Å². The minimum Gasteiger partial charge on any atom is -0.381 e. The lowest BCUT2D eigenvalue weighted by Crippen LogP contribution is -2.42. The first-order valence-electron chi connectivity index (χ1n) is 8.89. The van der Waals surface area contributed by atoms with E-state index < -0.39 is 0 Å². The fraction of sp³-hybridized carbons (Fsp3) is 0.550. The summed E-state index contributed by atoms with van der Waals surface area (Å²) in [4.78, 5) is 5.81. The summed E-state index contributed by atoms with van der Waals surface area (Å²) in [7, 11) is 0. The van der Waals surface area contributed by atoms with Gasteiger partial charge in [0.05, 0.1) is 5.01 Å². The standard InChI is InChI=1S/C20H27FN2OS/c1-19(2,3)18-23-13-17(25-18)12-22-14-20(8-10-24-11-9-20)15-4-6-16(21)7-5-15/h4-7,13,22H,8-12,14H2,1-3H3. The Morgan fingerprint density at radius 1 is 1.20 bits per heavy atom. The molecule has 0 spiro atoms. The Labute approximate surface area is 153 Å². The molecule has 1 aliphatic rings. The first-order valence-corrected chi connectivity index (χ1v) is 9.70. The number of ether oxygens (including phenoxy) is 1. The minimum absolute atomic E-state index is 0.0174. The zero-order chi connectivity index (χ0) is 17.9. The molecule has 0 bridgehead atoms. The molecule has 0 unspecified atom stereocenters. The van der Waals surface area contributed by atoms with Crippen LogP contribution in [0.1, 0.15) is 49.1 Å². The van der Waals surface area contributed by atoms with Crippen molar-refractivity contribution in [1.29, 1.82) is 0 Å². The van der Waals surface area contributed by atoms with E-state index in [-0.39, 0.29) is 16.6 Å². The summed E-state index contributed by atoms with van der Waals surface area (Å²) < 4.78 is 18.9. The van der Waals surface area contributed by atoms with Gasteiger partial charge in [-0.1, -0.05) is 32.9 Å². The van der Waals surface area contributed by atoms with Crippen LogP contribution in [0.4, 0.5) is 4.39 Å². The van der Waals surface area contributed by atoms with Crippen LogP contribution in [0.15, 0.2) is 30.5 Å². The Balaban J connectivity index is 1.67. The molecular formula is C20H27FN2OS. The molecule has 1 aromatic heterocycles. The highest BCUT2D eigenvalue weighted by Crippen LogP contribution is 2.34. The second kappa shape index (κ2) is 7.52. The summed E-state index contributed by atoms with van der Waals surface area (Å²) >= 11 is 1.78. The van der Waals surface area contributed by atoms with Crippen molar-refractivity contribution in [2.24, 2.45) is 0 Å². The third-order valence-electron chi connectivity index (χ3n) is 4.86. The molecule has 0 atom stereocenters. The van der Waals surface area contributed by atoms with Crippen LogP contribution in [0.3, 0.4) is 0 Å². The molecule has 1 saturated heterocycles. The molecule has 1 aromatic carbocycles. The molecule has 1 fully saturated rings. The van der Waals surface area contributed by atoms with Crippen molar-refractivity contribution >= 4 is 11.3 Å². The maximum absolute atomic E-state index is 13.3. The first kappa shape index (κ1) is 18.5. The number of aromatic nitrogens is 1. The quantitative estimate of drug-likeness (QED) is 0.855. The van der Waals surface area contributed by atoms with E-state index in [0.29, 0.717) is 0 Å². The Kier molecular flexibility index (Phi) is 5.56. The zero-order valence-corrected chi connectivity index (χ0v) is 16.1. The number of hydrogen-bond donors (Lipinski definition) is 1. The van der Waals surface area contributed by atoms with Crippen molar-refractivity contribution in [3.63, 3.8) is 0 Å². The monoisotopic (exact) mass is 362 g/mol. The maximum atomic E-state index is 13.3. The van der Waals surface area contributed by atoms with Crippen LogP contribution in [-0.4, -0.2) is 24.7 Å². The predicted molar refractivity (Wildman–Crippen MR) is 101 cm³/mol. The number of nitrogens with zero attached hydrogens (tertiary/aromatic N) is 1. The summed E-state index contributed by atoms with van der Waals surface area (Å²) in [5, 5.41) is 4.78. The average molecular weight is 363 g/mol. The molecule has 0 amide bonds. The van der Waals surface area contributed by atoms with E-state index in [0.717, 1.165) is 39.1 Å². The largest absolute Gasteiger partial charge is 0.381 e. The third kappa shape index (κ3) is 4.46. The minimum atomic E-state index is -0.182. The number of halogens is 1. The molecule has 0 aliphatic carbocycles. The first-order chi connectivity index (χ1) is 11.9. The van der Waals surface area contributed by atoms with Crippen LogP contribution in [0, 0.1) is 5.82 Å². The summed E-state index contributed by atoms with van der Waals surface area (Å²) in [5.74, 6) is -0.182. The van der Waals surface area contributed by atoms with Gasteiger partial charge < -0.3 is 10.1 Å². The molecule has 3 rings (SSSR count). The van der Waals surface area contributed by atoms with Crippen molar-refractivity contribution in [1.82, 2.24) is 10.3 Å². The topological polar surface area (TPSA) is 34.2 Å². The van der Waals surface area contributed by atoms with Crippen LogP contribution >= 0.6 is 11.3 Å². The SMILES string of the molecule is CC(C)(C)c1ncc(CNCC2(c3ccc(F)cc3)CCOCC2)s1. The summed E-state index contributed by atoms with van der Waals surface area (Å²) in [5.41, 5.74) is 1.31. The van der Waals surface area contributed by atoms with Gasteiger partial charge in [0.2, 0.25) is 0 Å². The van der Waals surface area contributed by atoms with Gasteiger partial charge in [-0.3, -0.25) is 0 Å². The van der Waals surface area contributed by atoms with Gasteiger partial charge in [-0.15, -0.1) is 11.3 Å². The Morgan fingerprint density at radius 3 is 2.48 bits per heavy atom. The smallest absolute Gasteiger partial charge is 0.123 e. The van der Waals surface area contributed by atoms with E-state index in [2.05, 4.69) is 31.1 Å². The zero-order valence-electron chi connectivity index (χ0n) is 15.3. The lowest BCUT2D eigenvalue weighted by molar-refractivity contribution is 0.0498. The summed E-state index contributed by atoms with van der Waals surface area (Å²) in [6.45, 7) is 9.77. The number of thiazole rings is 1. The van der Waals surface area contributed by atoms with Gasteiger partial charge in [-0.25, -0.2) is 9.37 Å². The summed E-state index contributed by atoms with van der Waals surface area (Å²) in [6, 6.07) is 6.97. The lowest BCUT2D eigenvalue weighted by Gasteiger charge is -2.38. The van der Waals surface area contributed by atoms with Gasteiger partial charge in [0.25, 0.3) is 0 Å². The fourth-order valence-corrected chi connectivity index (χ4v) is 4.23. The number of nitrogens with one attached hydrogen (secondary N) is 1. The molecular weight excluding hydrogens is 335 g/mol. The van der Waals surface area contributed by atoms with Crippen LogP contribution < -0.4 is 5.32 Å². The maximum Gasteiger partial charge on any atom is 0.123 e. The van der Waals surface area contributed by atoms with Gasteiger partial charge in [0.1, 0.15) is 5.82 Å². The number of rotatable bonds is 5. The van der Waals surface area contributed by atoms with Crippen LogP contribution in [0.25, 0.3) is 0 Å². The Morgan fingerprint density at radius 2 is 1.88 bits per heavy atom. The number of benzene rings is 1. The molecule has 2 aromatic rings. The van der Waals surface area contributed by atoms with Crippen molar-refractivity contribution in [3.05, 3.63) is 51.7 Å². The highest BCUT2D eigenvalue weighted by Gasteiger charge is 2.34. The predicted octanol–water partition coefficient (Wildman–Crippen LogP) is 4.42. The van der Waals surface area contributed by atoms with E-state index in [4.69, 9.17) is 4.74 Å². The van der Waals surface area contributed by atoms with Gasteiger partial charge in [0.15, 0.2) is 0 Å². The highest BCUT2D eigenvalue weighted by atomic mass is 32.1. The Bertz CT molecular complexity index is 684. The van der Waals surface area contributed by atoms with Crippen LogP contribution in [0.2, 0.25) is 0 Å². The lowest BCUT2D eigenvalue weighted by atomic mass is 9.74. The summed E-state index contributed by atoms with van der Waals surface area (Å²) in [6.07, 6.45) is 3.90. The molecule has 0 radical (unpaired) electrons. The van der Waals surface area contributed by atoms with E-state index in [9.17, 15) is 4.39 Å². The second-order valence-electron chi connectivity index (χ2n) is 7.88. The molecule has 2 heterocycles. The molecule has 25 heavy (non-hydrogen) atoms. The molecule has 1 aliphatic heterocycles. The van der Waals surface area contributed by atoms with Crippen LogP contribution in [0.5, 0.6) is 0 Å². The molecule has 136 valence electrons. The van der Waals surface area contributed by atoms with Crippen molar-refractivity contribution in [3.8, 4) is 0 Å². The van der Waals surface area contributed by atoms with E-state index in [1.165, 1.54) is 15.4 Å². The van der Waals surface area contributed by atoms with Crippen molar-refractivity contribution in [2.75, 3.05) is 19.8 Å². The molecule has 0 saturated carbocycles. The molecule has 5 heteroatoms. The van der Waals surface area contributed by atoms with E-state index >= 15 is 0 Å². The average Bonchev–Trinajstić information content (AvgIpc) is 3.05.